The van der Waals surface area contributed by atoms with E-state index in [-0.39, 0.29) is 0 Å². The normalized spacial score (nSPS) is 11.6. The molecule has 27 heavy (non-hydrogen) atoms. The van der Waals surface area contributed by atoms with Crippen LogP contribution in [0.25, 0.3) is 10.8 Å². The van der Waals surface area contributed by atoms with Crippen molar-refractivity contribution in [3.05, 3.63) is 65.2 Å². The van der Waals surface area contributed by atoms with E-state index in [4.69, 9.17) is 4.74 Å². The average Bonchev–Trinajstić information content (AvgIpc) is 2.65. The molecule has 0 N–H and O–H groups in total. The standard InChI is InChI=1S/C22H25NO3S/c1-6-23(20-13-9-11-18-10-7-8-12-19(18)20)27(24,25)22-15(2)14-21(26-5)16(3)17(22)4/h7-14H,6H2,1-5H3. The minimum atomic E-state index is -3.73. The Morgan fingerprint density at radius 1 is 0.963 bits per heavy atom. The third-order valence-corrected chi connectivity index (χ3v) is 7.25. The highest BCUT2D eigenvalue weighted by molar-refractivity contribution is 7.93. The molecule has 0 unspecified atom stereocenters. The van der Waals surface area contributed by atoms with Gasteiger partial charge in [0.05, 0.1) is 17.7 Å². The Morgan fingerprint density at radius 3 is 2.30 bits per heavy atom. The fourth-order valence-electron chi connectivity index (χ4n) is 3.64. The molecule has 0 aromatic heterocycles. The van der Waals surface area contributed by atoms with Crippen molar-refractivity contribution >= 4 is 26.5 Å². The number of methoxy groups -OCH3 is 1. The molecule has 0 aliphatic rings. The van der Waals surface area contributed by atoms with E-state index in [1.807, 2.05) is 70.2 Å². The number of ether oxygens (including phenoxy) is 1. The summed E-state index contributed by atoms with van der Waals surface area (Å²) < 4.78 is 34.3. The van der Waals surface area contributed by atoms with Gasteiger partial charge in [0.2, 0.25) is 0 Å². The van der Waals surface area contributed by atoms with Gasteiger partial charge >= 0.3 is 0 Å². The summed E-state index contributed by atoms with van der Waals surface area (Å²) in [6.07, 6.45) is 0. The first-order valence-corrected chi connectivity index (χ1v) is 10.4. The number of nitrogens with zero attached hydrogens (tertiary/aromatic N) is 1. The summed E-state index contributed by atoms with van der Waals surface area (Å²) in [5, 5.41) is 1.94. The van der Waals surface area contributed by atoms with Crippen LogP contribution in [0.5, 0.6) is 5.75 Å². The van der Waals surface area contributed by atoms with Crippen LogP contribution in [0.3, 0.4) is 0 Å². The van der Waals surface area contributed by atoms with Crippen molar-refractivity contribution < 1.29 is 13.2 Å². The van der Waals surface area contributed by atoms with E-state index in [9.17, 15) is 8.42 Å². The molecule has 4 nitrogen and oxygen atoms in total. The van der Waals surface area contributed by atoms with Gasteiger partial charge in [-0.1, -0.05) is 36.4 Å². The molecule has 0 aliphatic heterocycles. The van der Waals surface area contributed by atoms with Gasteiger partial charge in [-0.15, -0.1) is 0 Å². The molecule has 0 fully saturated rings. The number of fused-ring (bicyclic) bond motifs is 1. The predicted molar refractivity (Wildman–Crippen MR) is 111 cm³/mol. The lowest BCUT2D eigenvalue weighted by molar-refractivity contribution is 0.410. The van der Waals surface area contributed by atoms with E-state index in [0.29, 0.717) is 28.4 Å². The van der Waals surface area contributed by atoms with E-state index in [1.54, 1.807) is 13.2 Å². The van der Waals surface area contributed by atoms with Crippen molar-refractivity contribution in [3.8, 4) is 5.75 Å². The van der Waals surface area contributed by atoms with Crippen molar-refractivity contribution in [1.29, 1.82) is 0 Å². The van der Waals surface area contributed by atoms with Gasteiger partial charge in [0.1, 0.15) is 5.75 Å². The van der Waals surface area contributed by atoms with E-state index in [1.165, 1.54) is 4.31 Å². The summed E-state index contributed by atoms with van der Waals surface area (Å²) >= 11 is 0. The van der Waals surface area contributed by atoms with E-state index < -0.39 is 10.0 Å². The summed E-state index contributed by atoms with van der Waals surface area (Å²) in [4.78, 5) is 0.357. The summed E-state index contributed by atoms with van der Waals surface area (Å²) in [7, 11) is -2.13. The summed E-state index contributed by atoms with van der Waals surface area (Å²) in [6.45, 7) is 7.76. The number of hydrogen-bond acceptors (Lipinski definition) is 3. The highest BCUT2D eigenvalue weighted by Crippen LogP contribution is 2.36. The Bertz CT molecular complexity index is 1100. The molecular formula is C22H25NO3S. The summed E-state index contributed by atoms with van der Waals surface area (Å²) in [5.41, 5.74) is 2.96. The second kappa shape index (κ2) is 7.24. The van der Waals surface area contributed by atoms with Crippen LogP contribution in [0.15, 0.2) is 53.4 Å². The summed E-state index contributed by atoms with van der Waals surface area (Å²) in [5.74, 6) is 0.706. The number of benzene rings is 3. The fraction of sp³-hybridized carbons (Fsp3) is 0.273. The Balaban J connectivity index is 2.26. The smallest absolute Gasteiger partial charge is 0.264 e. The maximum atomic E-state index is 13.7. The van der Waals surface area contributed by atoms with Gasteiger partial charge in [-0.05, 0) is 61.9 Å². The van der Waals surface area contributed by atoms with Crippen LogP contribution in [0.2, 0.25) is 0 Å². The van der Waals surface area contributed by atoms with Gasteiger partial charge in [-0.25, -0.2) is 8.42 Å². The zero-order valence-electron chi connectivity index (χ0n) is 16.4. The van der Waals surface area contributed by atoms with Crippen molar-refractivity contribution in [1.82, 2.24) is 0 Å². The molecule has 0 heterocycles. The third kappa shape index (κ3) is 3.16. The van der Waals surface area contributed by atoms with Crippen LogP contribution in [0, 0.1) is 20.8 Å². The quantitative estimate of drug-likeness (QED) is 0.624. The van der Waals surface area contributed by atoms with Gasteiger partial charge in [0.25, 0.3) is 10.0 Å². The molecular weight excluding hydrogens is 358 g/mol. The lowest BCUT2D eigenvalue weighted by Crippen LogP contribution is -2.32. The van der Waals surface area contributed by atoms with E-state index >= 15 is 0 Å². The molecule has 0 saturated carbocycles. The van der Waals surface area contributed by atoms with Crippen LogP contribution in [0.1, 0.15) is 23.6 Å². The molecule has 5 heteroatoms. The van der Waals surface area contributed by atoms with Crippen molar-refractivity contribution in [2.24, 2.45) is 0 Å². The Morgan fingerprint density at radius 2 is 1.63 bits per heavy atom. The Kier molecular flexibility index (Phi) is 5.16. The molecule has 0 amide bonds. The van der Waals surface area contributed by atoms with E-state index in [2.05, 4.69) is 0 Å². The first kappa shape index (κ1) is 19.2. The second-order valence-electron chi connectivity index (χ2n) is 6.64. The third-order valence-electron chi connectivity index (χ3n) is 5.07. The first-order valence-electron chi connectivity index (χ1n) is 8.98. The highest BCUT2D eigenvalue weighted by Gasteiger charge is 2.29. The molecule has 142 valence electrons. The van der Waals surface area contributed by atoms with Gasteiger partial charge in [-0.2, -0.15) is 0 Å². The number of anilines is 1. The zero-order chi connectivity index (χ0) is 19.8. The van der Waals surface area contributed by atoms with Crippen molar-refractivity contribution in [2.45, 2.75) is 32.6 Å². The van der Waals surface area contributed by atoms with Gasteiger partial charge in [0.15, 0.2) is 0 Å². The van der Waals surface area contributed by atoms with Crippen LogP contribution >= 0.6 is 0 Å². The molecule has 0 radical (unpaired) electrons. The topological polar surface area (TPSA) is 46.6 Å². The minimum Gasteiger partial charge on any atom is -0.496 e. The van der Waals surface area contributed by atoms with Crippen LogP contribution in [-0.4, -0.2) is 22.1 Å². The largest absolute Gasteiger partial charge is 0.496 e. The SMILES string of the molecule is CCN(c1cccc2ccccc12)S(=O)(=O)c1c(C)cc(OC)c(C)c1C. The summed E-state index contributed by atoms with van der Waals surface area (Å²) in [6, 6.07) is 15.4. The fourth-order valence-corrected chi connectivity index (χ4v) is 5.62. The second-order valence-corrected chi connectivity index (χ2v) is 8.44. The molecule has 0 saturated heterocycles. The molecule has 3 aromatic carbocycles. The molecule has 0 spiro atoms. The van der Waals surface area contributed by atoms with Crippen molar-refractivity contribution in [3.63, 3.8) is 0 Å². The van der Waals surface area contributed by atoms with Crippen LogP contribution < -0.4 is 9.04 Å². The maximum absolute atomic E-state index is 13.7. The van der Waals surface area contributed by atoms with Gasteiger partial charge in [0, 0.05) is 11.9 Å². The number of sulfonamides is 1. The average molecular weight is 384 g/mol. The lowest BCUT2D eigenvalue weighted by atomic mass is 10.1. The Labute approximate surface area is 161 Å². The number of hydrogen-bond donors (Lipinski definition) is 0. The van der Waals surface area contributed by atoms with Crippen LogP contribution in [-0.2, 0) is 10.0 Å². The monoisotopic (exact) mass is 383 g/mol. The minimum absolute atomic E-state index is 0.348. The van der Waals surface area contributed by atoms with E-state index in [0.717, 1.165) is 21.9 Å². The first-order chi connectivity index (χ1) is 12.8. The zero-order valence-corrected chi connectivity index (χ0v) is 17.2. The molecule has 0 aliphatic carbocycles. The molecule has 3 aromatic rings. The van der Waals surface area contributed by atoms with Crippen molar-refractivity contribution in [2.75, 3.05) is 18.0 Å². The van der Waals surface area contributed by atoms with Crippen LogP contribution in [0.4, 0.5) is 5.69 Å². The molecule has 0 bridgehead atoms. The van der Waals surface area contributed by atoms with Gasteiger partial charge < -0.3 is 4.74 Å². The number of rotatable bonds is 5. The maximum Gasteiger partial charge on any atom is 0.264 e. The highest BCUT2D eigenvalue weighted by atomic mass is 32.2. The molecule has 0 atom stereocenters. The number of aryl methyl sites for hydroxylation is 1. The van der Waals surface area contributed by atoms with Gasteiger partial charge in [-0.3, -0.25) is 4.31 Å². The molecule has 3 rings (SSSR count). The Hall–Kier alpha value is -2.53. The lowest BCUT2D eigenvalue weighted by Gasteiger charge is -2.27. The predicted octanol–water partition coefficient (Wildman–Crippen LogP) is 4.99.